The van der Waals surface area contributed by atoms with Crippen LogP contribution in [0.5, 0.6) is 5.75 Å². The minimum Gasteiger partial charge on any atom is -0.493 e. The number of rotatable bonds is 7. The Bertz CT molecular complexity index is 1190. The van der Waals surface area contributed by atoms with E-state index in [0.29, 0.717) is 13.2 Å². The van der Waals surface area contributed by atoms with Gasteiger partial charge in [-0.2, -0.15) is 0 Å². The molecule has 5 rings (SSSR count). The number of furan rings is 1. The standard InChI is InChI=1S/C26H28N4O2.HI/c1-3-9-23-21(7-1)19(18-29-23)11-14-27-26(28-15-12-20-6-5-16-31-20)30-24-13-17-32-25-10-4-2-8-22(24)25;/h1-10,16,18,24,29H,11-15,17H2,(H2,27,28,30);1H. The van der Waals surface area contributed by atoms with E-state index in [1.165, 1.54) is 22.0 Å². The van der Waals surface area contributed by atoms with Crippen molar-refractivity contribution in [1.82, 2.24) is 15.6 Å². The van der Waals surface area contributed by atoms with Gasteiger partial charge in [-0.15, -0.1) is 24.0 Å². The number of ether oxygens (including phenoxy) is 1. The molecule has 1 aliphatic heterocycles. The van der Waals surface area contributed by atoms with Crippen molar-refractivity contribution in [3.8, 4) is 5.75 Å². The van der Waals surface area contributed by atoms with Crippen LogP contribution in [0.4, 0.5) is 0 Å². The van der Waals surface area contributed by atoms with Gasteiger partial charge in [-0.25, -0.2) is 0 Å². The largest absolute Gasteiger partial charge is 0.493 e. The zero-order valence-corrected chi connectivity index (χ0v) is 20.8. The Hall–Kier alpha value is -2.94. The van der Waals surface area contributed by atoms with Crippen molar-refractivity contribution in [3.63, 3.8) is 0 Å². The third-order valence-electron chi connectivity index (χ3n) is 5.84. The Kier molecular flexibility index (Phi) is 7.93. The Morgan fingerprint density at radius 1 is 1.03 bits per heavy atom. The number of nitrogens with zero attached hydrogens (tertiary/aromatic N) is 1. The van der Waals surface area contributed by atoms with E-state index < -0.39 is 0 Å². The number of para-hydroxylation sites is 2. The molecule has 3 heterocycles. The van der Waals surface area contributed by atoms with E-state index in [4.69, 9.17) is 14.1 Å². The van der Waals surface area contributed by atoms with E-state index in [-0.39, 0.29) is 30.0 Å². The highest BCUT2D eigenvalue weighted by Gasteiger charge is 2.22. The Morgan fingerprint density at radius 2 is 1.91 bits per heavy atom. The van der Waals surface area contributed by atoms with E-state index in [1.807, 2.05) is 24.3 Å². The number of benzene rings is 2. The first-order valence-corrected chi connectivity index (χ1v) is 11.2. The van der Waals surface area contributed by atoms with Gasteiger partial charge in [-0.3, -0.25) is 4.99 Å². The lowest BCUT2D eigenvalue weighted by Gasteiger charge is -2.28. The fourth-order valence-electron chi connectivity index (χ4n) is 4.20. The molecular formula is C26H29IN4O2. The predicted octanol–water partition coefficient (Wildman–Crippen LogP) is 5.22. The second-order valence-corrected chi connectivity index (χ2v) is 7.97. The van der Waals surface area contributed by atoms with Crippen molar-refractivity contribution in [2.75, 3.05) is 19.7 Å². The minimum absolute atomic E-state index is 0. The van der Waals surface area contributed by atoms with Crippen LogP contribution < -0.4 is 15.4 Å². The van der Waals surface area contributed by atoms with Gasteiger partial charge in [-0.05, 0) is 36.2 Å². The van der Waals surface area contributed by atoms with Gasteiger partial charge in [-0.1, -0.05) is 36.4 Å². The number of nitrogens with one attached hydrogen (secondary N) is 3. The minimum atomic E-state index is 0. The third-order valence-corrected chi connectivity index (χ3v) is 5.84. The third kappa shape index (κ3) is 5.71. The van der Waals surface area contributed by atoms with Crippen LogP contribution in [0.2, 0.25) is 0 Å². The molecule has 1 unspecified atom stereocenters. The predicted molar refractivity (Wildman–Crippen MR) is 143 cm³/mol. The highest BCUT2D eigenvalue weighted by Crippen LogP contribution is 2.31. The summed E-state index contributed by atoms with van der Waals surface area (Å²) in [6.45, 7) is 2.14. The smallest absolute Gasteiger partial charge is 0.191 e. The fraction of sp³-hybridized carbons (Fsp3) is 0.269. The quantitative estimate of drug-likeness (QED) is 0.166. The van der Waals surface area contributed by atoms with Gasteiger partial charge in [0.05, 0.1) is 18.9 Å². The molecule has 0 aliphatic carbocycles. The zero-order valence-electron chi connectivity index (χ0n) is 18.4. The number of aromatic nitrogens is 1. The molecule has 0 fully saturated rings. The van der Waals surface area contributed by atoms with Crippen LogP contribution in [0.15, 0.2) is 82.5 Å². The second kappa shape index (κ2) is 11.3. The molecule has 4 aromatic rings. The summed E-state index contributed by atoms with van der Waals surface area (Å²) in [5.74, 6) is 2.71. The second-order valence-electron chi connectivity index (χ2n) is 7.97. The molecule has 2 aromatic heterocycles. The number of hydrogen-bond acceptors (Lipinski definition) is 3. The van der Waals surface area contributed by atoms with Crippen LogP contribution in [-0.4, -0.2) is 30.6 Å². The van der Waals surface area contributed by atoms with Gasteiger partial charge in [0.2, 0.25) is 0 Å². The maximum absolute atomic E-state index is 5.82. The summed E-state index contributed by atoms with van der Waals surface area (Å²) in [7, 11) is 0. The first kappa shape index (κ1) is 23.2. The molecule has 6 nitrogen and oxygen atoms in total. The monoisotopic (exact) mass is 556 g/mol. The Morgan fingerprint density at radius 3 is 2.82 bits per heavy atom. The van der Waals surface area contributed by atoms with Crippen LogP contribution >= 0.6 is 24.0 Å². The zero-order chi connectivity index (χ0) is 21.6. The summed E-state index contributed by atoms with van der Waals surface area (Å²) in [5.41, 5.74) is 3.65. The number of aliphatic imine (C=N–C) groups is 1. The fourth-order valence-corrected chi connectivity index (χ4v) is 4.20. The van der Waals surface area contributed by atoms with Gasteiger partial charge in [0, 0.05) is 48.6 Å². The molecule has 0 radical (unpaired) electrons. The number of hydrogen-bond donors (Lipinski definition) is 3. The lowest BCUT2D eigenvalue weighted by Crippen LogP contribution is -2.42. The molecule has 0 saturated carbocycles. The first-order valence-electron chi connectivity index (χ1n) is 11.2. The molecule has 172 valence electrons. The van der Waals surface area contributed by atoms with E-state index in [1.54, 1.807) is 6.26 Å². The molecule has 1 aliphatic rings. The van der Waals surface area contributed by atoms with E-state index in [9.17, 15) is 0 Å². The van der Waals surface area contributed by atoms with E-state index in [0.717, 1.165) is 43.3 Å². The first-order chi connectivity index (χ1) is 15.9. The van der Waals surface area contributed by atoms with Gasteiger partial charge in [0.25, 0.3) is 0 Å². The van der Waals surface area contributed by atoms with Crippen molar-refractivity contribution in [1.29, 1.82) is 0 Å². The SMILES string of the molecule is I.c1coc(CCN=C(NCCc2c[nH]c3ccccc23)NC2CCOc3ccccc32)c1. The van der Waals surface area contributed by atoms with Crippen LogP contribution in [0, 0.1) is 0 Å². The van der Waals surface area contributed by atoms with Gasteiger partial charge in [0.15, 0.2) is 5.96 Å². The number of guanidine groups is 1. The van der Waals surface area contributed by atoms with E-state index >= 15 is 0 Å². The highest BCUT2D eigenvalue weighted by molar-refractivity contribution is 14.0. The summed E-state index contributed by atoms with van der Waals surface area (Å²) in [4.78, 5) is 8.19. The van der Waals surface area contributed by atoms with Crippen LogP contribution in [-0.2, 0) is 12.8 Å². The van der Waals surface area contributed by atoms with E-state index in [2.05, 4.69) is 58.2 Å². The average Bonchev–Trinajstić information content (AvgIpc) is 3.49. The summed E-state index contributed by atoms with van der Waals surface area (Å²) in [6.07, 6.45) is 6.39. The number of H-pyrrole nitrogens is 1. The van der Waals surface area contributed by atoms with Gasteiger partial charge < -0.3 is 24.8 Å². The molecule has 1 atom stereocenters. The van der Waals surface area contributed by atoms with Gasteiger partial charge in [0.1, 0.15) is 11.5 Å². The number of halogens is 1. The molecule has 0 spiro atoms. The Balaban J connectivity index is 0.00000259. The topological polar surface area (TPSA) is 74.6 Å². The van der Waals surface area contributed by atoms with Crippen molar-refractivity contribution >= 4 is 40.8 Å². The summed E-state index contributed by atoms with van der Waals surface area (Å²) < 4.78 is 11.3. The van der Waals surface area contributed by atoms with Crippen molar-refractivity contribution in [3.05, 3.63) is 90.0 Å². The Labute approximate surface area is 210 Å². The van der Waals surface area contributed by atoms with Crippen LogP contribution in [0.1, 0.15) is 29.3 Å². The maximum Gasteiger partial charge on any atom is 0.191 e. The molecule has 0 amide bonds. The number of aromatic amines is 1. The molecule has 0 bridgehead atoms. The van der Waals surface area contributed by atoms with Crippen molar-refractivity contribution in [2.45, 2.75) is 25.3 Å². The molecule has 3 N–H and O–H groups in total. The molecular weight excluding hydrogens is 527 g/mol. The number of fused-ring (bicyclic) bond motifs is 2. The molecule has 0 saturated heterocycles. The van der Waals surface area contributed by atoms with Crippen molar-refractivity contribution in [2.24, 2.45) is 4.99 Å². The molecule has 33 heavy (non-hydrogen) atoms. The molecule has 2 aromatic carbocycles. The van der Waals surface area contributed by atoms with Crippen LogP contribution in [0.25, 0.3) is 10.9 Å². The lowest BCUT2D eigenvalue weighted by molar-refractivity contribution is 0.261. The van der Waals surface area contributed by atoms with Crippen LogP contribution in [0.3, 0.4) is 0 Å². The summed E-state index contributed by atoms with van der Waals surface area (Å²) >= 11 is 0. The maximum atomic E-state index is 5.82. The highest BCUT2D eigenvalue weighted by atomic mass is 127. The average molecular weight is 556 g/mol. The molecule has 7 heteroatoms. The normalized spacial score (nSPS) is 15.4. The van der Waals surface area contributed by atoms with Crippen molar-refractivity contribution < 1.29 is 9.15 Å². The lowest BCUT2D eigenvalue weighted by atomic mass is 10.0. The van der Waals surface area contributed by atoms with Gasteiger partial charge >= 0.3 is 0 Å². The summed E-state index contributed by atoms with van der Waals surface area (Å²) in [6, 6.07) is 20.7. The summed E-state index contributed by atoms with van der Waals surface area (Å²) in [5, 5.41) is 8.44.